The van der Waals surface area contributed by atoms with Crippen LogP contribution in [0.5, 0.6) is 0 Å². The first-order chi connectivity index (χ1) is 26.0. The molecule has 1 aliphatic heterocycles. The Kier molecular flexibility index (Phi) is 6.34. The first-order valence-corrected chi connectivity index (χ1v) is 21.0. The van der Waals surface area contributed by atoms with E-state index in [0.29, 0.717) is 17.5 Å². The lowest BCUT2D eigenvalue weighted by Crippen LogP contribution is -2.49. The number of furan rings is 1. The van der Waals surface area contributed by atoms with Crippen LogP contribution in [0.25, 0.3) is 94.7 Å². The normalized spacial score (nSPS) is 13.2. The van der Waals surface area contributed by atoms with Gasteiger partial charge in [-0.05, 0) is 52.3 Å². The van der Waals surface area contributed by atoms with Crippen LogP contribution in [0.4, 0.5) is 0 Å². The summed E-state index contributed by atoms with van der Waals surface area (Å²) >= 11 is 0. The topological polar surface area (TPSA) is 56.7 Å². The fourth-order valence-corrected chi connectivity index (χ4v) is 11.6. The second kappa shape index (κ2) is 11.2. The fraction of sp³-hybridized carbons (Fsp3) is 0.0426. The number of rotatable bonds is 4. The summed E-state index contributed by atoms with van der Waals surface area (Å²) in [6, 6.07) is 55.5. The predicted molar refractivity (Wildman–Crippen MR) is 220 cm³/mol. The van der Waals surface area contributed by atoms with Crippen LogP contribution < -0.4 is 10.4 Å². The van der Waals surface area contributed by atoms with Gasteiger partial charge in [0, 0.05) is 49.5 Å². The molecule has 0 bridgehead atoms. The van der Waals surface area contributed by atoms with Gasteiger partial charge in [-0.3, -0.25) is 0 Å². The van der Waals surface area contributed by atoms with Gasteiger partial charge in [0.2, 0.25) is 0 Å². The molecule has 5 nitrogen and oxygen atoms in total. The number of fused-ring (bicyclic) bond motifs is 10. The Morgan fingerprint density at radius 3 is 1.96 bits per heavy atom. The first kappa shape index (κ1) is 30.0. The lowest BCUT2D eigenvalue weighted by molar-refractivity contribution is 0.670. The maximum Gasteiger partial charge on any atom is 0.164 e. The summed E-state index contributed by atoms with van der Waals surface area (Å²) < 4.78 is 9.15. The highest BCUT2D eigenvalue weighted by Gasteiger charge is 2.40. The van der Waals surface area contributed by atoms with Gasteiger partial charge in [-0.15, -0.1) is 0 Å². The molecule has 0 atom stereocenters. The molecule has 11 rings (SSSR count). The zero-order chi connectivity index (χ0) is 35.3. The molecule has 0 amide bonds. The molecule has 10 aromatic rings. The molecule has 0 saturated carbocycles. The highest BCUT2D eigenvalue weighted by Crippen LogP contribution is 2.44. The van der Waals surface area contributed by atoms with E-state index in [-0.39, 0.29) is 0 Å². The Morgan fingerprint density at radius 2 is 1.13 bits per heavy atom. The van der Waals surface area contributed by atoms with Crippen molar-refractivity contribution in [1.82, 2.24) is 19.5 Å². The van der Waals surface area contributed by atoms with Gasteiger partial charge >= 0.3 is 0 Å². The number of benzene rings is 7. The molecule has 6 heteroatoms. The predicted octanol–water partition coefficient (Wildman–Crippen LogP) is 10.7. The van der Waals surface area contributed by atoms with Gasteiger partial charge in [0.15, 0.2) is 17.5 Å². The van der Waals surface area contributed by atoms with E-state index in [4.69, 9.17) is 19.4 Å². The van der Waals surface area contributed by atoms with E-state index in [2.05, 4.69) is 151 Å². The van der Waals surface area contributed by atoms with Crippen LogP contribution in [-0.4, -0.2) is 27.6 Å². The largest absolute Gasteiger partial charge is 0.455 e. The quantitative estimate of drug-likeness (QED) is 0.172. The number of nitrogens with zero attached hydrogens (tertiary/aromatic N) is 4. The minimum Gasteiger partial charge on any atom is -0.455 e. The summed E-state index contributed by atoms with van der Waals surface area (Å²) in [6.07, 6.45) is 0. The van der Waals surface area contributed by atoms with E-state index in [1.807, 2.05) is 24.3 Å². The van der Waals surface area contributed by atoms with Gasteiger partial charge in [-0.2, -0.15) is 0 Å². The number of para-hydroxylation sites is 3. The van der Waals surface area contributed by atoms with Crippen LogP contribution >= 0.6 is 0 Å². The molecule has 0 fully saturated rings. The monoisotopic (exact) mass is 696 g/mol. The molecule has 0 N–H and O–H groups in total. The van der Waals surface area contributed by atoms with Gasteiger partial charge in [-0.25, -0.2) is 15.0 Å². The highest BCUT2D eigenvalue weighted by molar-refractivity contribution is 7.04. The van der Waals surface area contributed by atoms with Crippen molar-refractivity contribution >= 4 is 62.2 Å². The van der Waals surface area contributed by atoms with Crippen molar-refractivity contribution in [2.45, 2.75) is 13.1 Å². The smallest absolute Gasteiger partial charge is 0.164 e. The molecular weight excluding hydrogens is 665 g/mol. The second-order valence-electron chi connectivity index (χ2n) is 14.4. The SMILES string of the molecule is C[Si]1(C)c2ccccc2-c2c1cc(-c1nc(-c3ccccc3)nc(-c3ccc4c5ccccc5n(-c5ccccc5)c4c3)n1)c1c2oc2ccccc21. The maximum absolute atomic E-state index is 6.82. The van der Waals surface area contributed by atoms with E-state index < -0.39 is 8.07 Å². The minimum absolute atomic E-state index is 0.627. The molecule has 0 aliphatic carbocycles. The van der Waals surface area contributed by atoms with Crippen molar-refractivity contribution in [1.29, 1.82) is 0 Å². The molecular formula is C47H32N4OSi. The second-order valence-corrected chi connectivity index (χ2v) is 18.7. The van der Waals surface area contributed by atoms with Gasteiger partial charge in [0.1, 0.15) is 19.2 Å². The number of aromatic nitrogens is 4. The van der Waals surface area contributed by atoms with Crippen LogP contribution in [0.3, 0.4) is 0 Å². The molecule has 250 valence electrons. The Labute approximate surface area is 306 Å². The van der Waals surface area contributed by atoms with Gasteiger partial charge < -0.3 is 8.98 Å². The lowest BCUT2D eigenvalue weighted by Gasteiger charge is -2.19. The van der Waals surface area contributed by atoms with Crippen molar-refractivity contribution in [3.63, 3.8) is 0 Å². The third kappa shape index (κ3) is 4.39. The van der Waals surface area contributed by atoms with Crippen molar-refractivity contribution in [2.75, 3.05) is 0 Å². The summed E-state index contributed by atoms with van der Waals surface area (Å²) in [5.74, 6) is 1.90. The molecule has 0 unspecified atom stereocenters. The van der Waals surface area contributed by atoms with E-state index >= 15 is 0 Å². The van der Waals surface area contributed by atoms with Gasteiger partial charge in [0.05, 0.1) is 11.0 Å². The molecule has 0 saturated heterocycles. The van der Waals surface area contributed by atoms with E-state index in [1.54, 1.807) is 0 Å². The van der Waals surface area contributed by atoms with Crippen molar-refractivity contribution in [2.24, 2.45) is 0 Å². The summed E-state index contributed by atoms with van der Waals surface area (Å²) in [4.78, 5) is 15.8. The standard InChI is InChI=1S/C47H32N4OSi/c1-53(2)40-24-14-11-21-35(40)43-41(53)28-36(42-34-20-10-13-23-39(34)52-44(42)43)47-49-45(29-15-5-3-6-16-29)48-46(50-47)30-25-26-33-32-19-9-12-22-37(32)51(38(33)27-30)31-17-7-4-8-18-31/h3-28H,1-2H3. The Balaban J connectivity index is 1.21. The Morgan fingerprint density at radius 1 is 0.491 bits per heavy atom. The summed E-state index contributed by atoms with van der Waals surface area (Å²) in [5.41, 5.74) is 10.5. The van der Waals surface area contributed by atoms with E-state index in [9.17, 15) is 0 Å². The number of hydrogen-bond acceptors (Lipinski definition) is 4. The van der Waals surface area contributed by atoms with Crippen molar-refractivity contribution < 1.29 is 4.42 Å². The average molecular weight is 697 g/mol. The molecule has 4 heterocycles. The average Bonchev–Trinajstić information content (AvgIpc) is 3.84. The van der Waals surface area contributed by atoms with Crippen molar-refractivity contribution in [3.8, 4) is 51.0 Å². The molecule has 7 aromatic carbocycles. The van der Waals surface area contributed by atoms with Crippen LogP contribution in [0.15, 0.2) is 162 Å². The fourth-order valence-electron chi connectivity index (χ4n) is 8.53. The van der Waals surface area contributed by atoms with Crippen LogP contribution in [0, 0.1) is 0 Å². The molecule has 0 spiro atoms. The molecule has 1 aliphatic rings. The summed E-state index contributed by atoms with van der Waals surface area (Å²) in [5, 5.41) is 7.26. The lowest BCUT2D eigenvalue weighted by atomic mass is 9.98. The van der Waals surface area contributed by atoms with Crippen LogP contribution in [0.2, 0.25) is 13.1 Å². The molecule has 53 heavy (non-hydrogen) atoms. The third-order valence-electron chi connectivity index (χ3n) is 11.0. The summed E-state index contributed by atoms with van der Waals surface area (Å²) in [6.45, 7) is 4.87. The summed E-state index contributed by atoms with van der Waals surface area (Å²) in [7, 11) is -2.09. The third-order valence-corrected chi connectivity index (χ3v) is 14.6. The zero-order valence-corrected chi connectivity index (χ0v) is 30.2. The van der Waals surface area contributed by atoms with E-state index in [1.165, 1.54) is 32.3 Å². The highest BCUT2D eigenvalue weighted by atomic mass is 28.3. The maximum atomic E-state index is 6.82. The van der Waals surface area contributed by atoms with Gasteiger partial charge in [-0.1, -0.05) is 134 Å². The minimum atomic E-state index is -2.09. The molecule has 3 aromatic heterocycles. The Hall–Kier alpha value is -6.63. The number of hydrogen-bond donors (Lipinski definition) is 0. The van der Waals surface area contributed by atoms with Gasteiger partial charge in [0.25, 0.3) is 0 Å². The molecule has 0 radical (unpaired) electrons. The zero-order valence-electron chi connectivity index (χ0n) is 29.2. The van der Waals surface area contributed by atoms with Crippen LogP contribution in [-0.2, 0) is 0 Å². The van der Waals surface area contributed by atoms with Crippen LogP contribution in [0.1, 0.15) is 0 Å². The van der Waals surface area contributed by atoms with Crippen molar-refractivity contribution in [3.05, 3.63) is 158 Å². The first-order valence-electron chi connectivity index (χ1n) is 18.0. The van der Waals surface area contributed by atoms with E-state index in [0.717, 1.165) is 55.3 Å². The Bertz CT molecular complexity index is 3090.